The molecule has 1 aliphatic carbocycles. The highest BCUT2D eigenvalue weighted by atomic mass is 16.3. The predicted molar refractivity (Wildman–Crippen MR) is 41.3 cm³/mol. The summed E-state index contributed by atoms with van der Waals surface area (Å²) in [4.78, 5) is 0. The zero-order valence-corrected chi connectivity index (χ0v) is 6.29. The summed E-state index contributed by atoms with van der Waals surface area (Å²) < 4.78 is 0. The summed E-state index contributed by atoms with van der Waals surface area (Å²) in [5.41, 5.74) is 5.70. The van der Waals surface area contributed by atoms with Gasteiger partial charge in [0.1, 0.15) is 0 Å². The monoisotopic (exact) mass is 142 g/mol. The van der Waals surface area contributed by atoms with Gasteiger partial charge in [-0.3, -0.25) is 0 Å². The Hall–Kier alpha value is -0.0800. The lowest BCUT2D eigenvalue weighted by Crippen LogP contribution is -2.30. The fraction of sp³-hybridized carbons (Fsp3) is 0.875. The van der Waals surface area contributed by atoms with Gasteiger partial charge in [-0.25, -0.2) is 0 Å². The van der Waals surface area contributed by atoms with Gasteiger partial charge in [0.2, 0.25) is 0 Å². The summed E-state index contributed by atoms with van der Waals surface area (Å²) in [5, 5.41) is 9.11. The average Bonchev–Trinajstić information content (AvgIpc) is 1.88. The summed E-state index contributed by atoms with van der Waals surface area (Å²) in [5.74, 6) is 0.403. The molecule has 1 unspecified atom stereocenters. The first-order chi connectivity index (χ1) is 4.70. The Kier molecular flexibility index (Phi) is 2.69. The molecule has 0 amide bonds. The highest BCUT2D eigenvalue weighted by Crippen LogP contribution is 2.25. The quantitative estimate of drug-likeness (QED) is 0.566. The Morgan fingerprint density at radius 1 is 1.30 bits per heavy atom. The molecule has 0 aromatic carbocycles. The maximum Gasteiger partial charge on any atom is 0.0569 e. The summed E-state index contributed by atoms with van der Waals surface area (Å²) in [6, 6.07) is 0.370. The smallest absolute Gasteiger partial charge is 0.0569 e. The van der Waals surface area contributed by atoms with Crippen molar-refractivity contribution in [1.82, 2.24) is 0 Å². The molecule has 0 saturated heterocycles. The highest BCUT2D eigenvalue weighted by Gasteiger charge is 2.21. The largest absolute Gasteiger partial charge is 0.393 e. The number of hydrogen-bond acceptors (Lipinski definition) is 2. The van der Waals surface area contributed by atoms with Crippen LogP contribution in [0.2, 0.25) is 0 Å². The molecule has 10 heavy (non-hydrogen) atoms. The van der Waals surface area contributed by atoms with Crippen molar-refractivity contribution in [2.75, 3.05) is 0 Å². The Labute approximate surface area is 62.4 Å². The number of aliphatic hydroxyl groups excluding tert-OH is 1. The molecule has 59 valence electrons. The molecule has 1 radical (unpaired) electrons. The van der Waals surface area contributed by atoms with E-state index in [0.29, 0.717) is 12.0 Å². The Morgan fingerprint density at radius 2 is 1.80 bits per heavy atom. The molecular formula is C8H16NO. The first-order valence-electron chi connectivity index (χ1n) is 3.97. The predicted octanol–water partition coefficient (Wildman–Crippen LogP) is 0.699. The van der Waals surface area contributed by atoms with Crippen molar-refractivity contribution in [3.05, 3.63) is 6.92 Å². The van der Waals surface area contributed by atoms with E-state index in [0.717, 1.165) is 25.7 Å². The normalized spacial score (nSPS) is 37.5. The molecule has 3 N–H and O–H groups in total. The van der Waals surface area contributed by atoms with Crippen molar-refractivity contribution in [2.24, 2.45) is 11.7 Å². The van der Waals surface area contributed by atoms with Gasteiger partial charge in [-0.2, -0.15) is 0 Å². The molecular weight excluding hydrogens is 126 g/mol. The van der Waals surface area contributed by atoms with Crippen molar-refractivity contribution < 1.29 is 5.11 Å². The Morgan fingerprint density at radius 3 is 2.20 bits per heavy atom. The maximum absolute atomic E-state index is 9.11. The second kappa shape index (κ2) is 3.35. The van der Waals surface area contributed by atoms with E-state index in [4.69, 9.17) is 10.8 Å². The second-order valence-electron chi connectivity index (χ2n) is 3.24. The standard InChI is InChI=1S/C8H16NO/c1-6(10)7-2-4-8(9)5-3-7/h6-8,10H,1-5,9H2. The van der Waals surface area contributed by atoms with Crippen LogP contribution >= 0.6 is 0 Å². The summed E-state index contributed by atoms with van der Waals surface area (Å²) in [6.07, 6.45) is 3.82. The van der Waals surface area contributed by atoms with E-state index in [9.17, 15) is 0 Å². The van der Waals surface area contributed by atoms with Crippen LogP contribution in [0.4, 0.5) is 0 Å². The van der Waals surface area contributed by atoms with E-state index in [1.54, 1.807) is 0 Å². The van der Waals surface area contributed by atoms with Crippen LogP contribution in [0, 0.1) is 12.8 Å². The summed E-state index contributed by atoms with van der Waals surface area (Å²) in [7, 11) is 0. The second-order valence-corrected chi connectivity index (χ2v) is 3.24. The van der Waals surface area contributed by atoms with E-state index in [1.807, 2.05) is 0 Å². The minimum absolute atomic E-state index is 0.370. The maximum atomic E-state index is 9.11. The first-order valence-corrected chi connectivity index (χ1v) is 3.97. The molecule has 0 aromatic heterocycles. The van der Waals surface area contributed by atoms with Crippen molar-refractivity contribution >= 4 is 0 Å². The van der Waals surface area contributed by atoms with Crippen molar-refractivity contribution in [2.45, 2.75) is 37.8 Å². The fourth-order valence-electron chi connectivity index (χ4n) is 1.53. The Balaban J connectivity index is 2.26. The van der Waals surface area contributed by atoms with Crippen molar-refractivity contribution in [1.29, 1.82) is 0 Å². The molecule has 1 atom stereocenters. The van der Waals surface area contributed by atoms with E-state index in [1.165, 1.54) is 0 Å². The zero-order valence-electron chi connectivity index (χ0n) is 6.29. The van der Waals surface area contributed by atoms with Crippen LogP contribution in [0.5, 0.6) is 0 Å². The van der Waals surface area contributed by atoms with Gasteiger partial charge < -0.3 is 10.8 Å². The summed E-state index contributed by atoms with van der Waals surface area (Å²) in [6.45, 7) is 3.60. The van der Waals surface area contributed by atoms with Gasteiger partial charge >= 0.3 is 0 Å². The fourth-order valence-corrected chi connectivity index (χ4v) is 1.53. The average molecular weight is 142 g/mol. The number of rotatable bonds is 1. The van der Waals surface area contributed by atoms with Gasteiger partial charge in [-0.05, 0) is 38.5 Å². The van der Waals surface area contributed by atoms with Crippen molar-refractivity contribution in [3.8, 4) is 0 Å². The molecule has 1 saturated carbocycles. The third-order valence-electron chi connectivity index (χ3n) is 2.36. The van der Waals surface area contributed by atoms with Gasteiger partial charge in [-0.1, -0.05) is 0 Å². The number of hydrogen-bond donors (Lipinski definition) is 2. The third-order valence-corrected chi connectivity index (χ3v) is 2.36. The summed E-state index contributed by atoms with van der Waals surface area (Å²) >= 11 is 0. The van der Waals surface area contributed by atoms with Crippen LogP contribution < -0.4 is 5.73 Å². The van der Waals surface area contributed by atoms with Gasteiger partial charge in [0.25, 0.3) is 0 Å². The van der Waals surface area contributed by atoms with Gasteiger partial charge in [0, 0.05) is 6.04 Å². The molecule has 0 aromatic rings. The van der Waals surface area contributed by atoms with Crippen molar-refractivity contribution in [3.63, 3.8) is 0 Å². The third kappa shape index (κ3) is 1.96. The molecule has 0 spiro atoms. The van der Waals surface area contributed by atoms with Crippen LogP contribution in [0.1, 0.15) is 25.7 Å². The molecule has 0 heterocycles. The lowest BCUT2D eigenvalue weighted by atomic mass is 9.84. The Bertz CT molecular complexity index is 95.4. The van der Waals surface area contributed by atoms with Crippen LogP contribution in [0.25, 0.3) is 0 Å². The lowest BCUT2D eigenvalue weighted by Gasteiger charge is -2.27. The number of nitrogens with two attached hydrogens (primary N) is 1. The van der Waals surface area contributed by atoms with Gasteiger partial charge in [0.15, 0.2) is 0 Å². The molecule has 2 heteroatoms. The molecule has 0 bridgehead atoms. The zero-order chi connectivity index (χ0) is 7.56. The van der Waals surface area contributed by atoms with Crippen LogP contribution in [-0.4, -0.2) is 17.3 Å². The first kappa shape index (κ1) is 8.02. The van der Waals surface area contributed by atoms with E-state index in [2.05, 4.69) is 6.92 Å². The van der Waals surface area contributed by atoms with Gasteiger partial charge in [0.05, 0.1) is 6.10 Å². The van der Waals surface area contributed by atoms with E-state index < -0.39 is 0 Å². The molecule has 2 nitrogen and oxygen atoms in total. The minimum Gasteiger partial charge on any atom is -0.393 e. The molecule has 1 fully saturated rings. The SMILES string of the molecule is [CH2]C(O)C1CCC(N)CC1. The van der Waals surface area contributed by atoms with E-state index in [-0.39, 0.29) is 6.10 Å². The lowest BCUT2D eigenvalue weighted by molar-refractivity contribution is 0.118. The van der Waals surface area contributed by atoms with Crippen LogP contribution in [0.3, 0.4) is 0 Å². The topological polar surface area (TPSA) is 46.2 Å². The van der Waals surface area contributed by atoms with Crippen LogP contribution in [-0.2, 0) is 0 Å². The minimum atomic E-state index is -0.382. The van der Waals surface area contributed by atoms with Crippen LogP contribution in [0.15, 0.2) is 0 Å². The van der Waals surface area contributed by atoms with Gasteiger partial charge in [-0.15, -0.1) is 0 Å². The molecule has 1 rings (SSSR count). The number of aliphatic hydroxyl groups is 1. The molecule has 1 aliphatic rings. The molecule has 0 aliphatic heterocycles. The van der Waals surface area contributed by atoms with E-state index >= 15 is 0 Å². The highest BCUT2D eigenvalue weighted by molar-refractivity contribution is 4.79.